The summed E-state index contributed by atoms with van der Waals surface area (Å²) in [5.74, 6) is -0.618. The summed E-state index contributed by atoms with van der Waals surface area (Å²) < 4.78 is 21.1. The number of imidazole rings is 1. The van der Waals surface area contributed by atoms with Crippen LogP contribution >= 0.6 is 11.3 Å². The van der Waals surface area contributed by atoms with Gasteiger partial charge in [-0.1, -0.05) is 30.3 Å². The fourth-order valence-electron chi connectivity index (χ4n) is 5.21. The lowest BCUT2D eigenvalue weighted by atomic mass is 10.0. The molecule has 0 bridgehead atoms. The quantitative estimate of drug-likeness (QED) is 0.273. The summed E-state index contributed by atoms with van der Waals surface area (Å²) in [4.78, 5) is 37.1. The molecule has 2 amide bonds. The molecule has 2 saturated heterocycles. The van der Waals surface area contributed by atoms with Crippen LogP contribution < -0.4 is 10.6 Å². The second kappa shape index (κ2) is 11.3. The third-order valence-electron chi connectivity index (χ3n) is 7.00. The Balaban J connectivity index is 1.25. The van der Waals surface area contributed by atoms with Gasteiger partial charge in [-0.15, -0.1) is 11.3 Å². The molecule has 2 aliphatic rings. The van der Waals surface area contributed by atoms with E-state index in [1.807, 2.05) is 43.3 Å². The first-order valence-corrected chi connectivity index (χ1v) is 13.9. The van der Waals surface area contributed by atoms with Gasteiger partial charge in [-0.05, 0) is 43.2 Å². The predicted molar refractivity (Wildman–Crippen MR) is 145 cm³/mol. The number of rotatable bonds is 9. The summed E-state index contributed by atoms with van der Waals surface area (Å²) in [6.07, 6.45) is 2.70. The summed E-state index contributed by atoms with van der Waals surface area (Å²) in [5, 5.41) is 16.6. The SMILES string of the molecule is CCNC(=O)Nc1ncnc2c1ncn2C1OC(CCCc2ccsc2C(=O)O)C2O[C@H](c3ccccc3)OC21. The zero-order valence-corrected chi connectivity index (χ0v) is 22.4. The summed E-state index contributed by atoms with van der Waals surface area (Å²) >= 11 is 1.23. The number of aromatic carboxylic acids is 1. The smallest absolute Gasteiger partial charge is 0.346 e. The van der Waals surface area contributed by atoms with E-state index in [0.717, 1.165) is 11.1 Å². The molecule has 2 fully saturated rings. The van der Waals surface area contributed by atoms with Gasteiger partial charge in [0, 0.05) is 12.1 Å². The van der Waals surface area contributed by atoms with Crippen LogP contribution in [0.5, 0.6) is 0 Å². The van der Waals surface area contributed by atoms with Gasteiger partial charge in [-0.2, -0.15) is 0 Å². The van der Waals surface area contributed by atoms with E-state index in [0.29, 0.717) is 41.8 Å². The number of aryl methyl sites for hydroxylation is 1. The molecule has 6 rings (SSSR count). The molecule has 2 aliphatic heterocycles. The van der Waals surface area contributed by atoms with E-state index in [1.165, 1.54) is 17.7 Å². The standard InChI is InChI=1S/C27H28N6O6S/c1-2-28-27(36)32-22-18-23(30-13-29-22)33(14-31-18)24-20-19(38-26(39-20)16-7-4-3-5-8-16)17(37-24)10-6-9-15-11-12-40-21(15)25(34)35/h3-5,7-8,11-14,17,19-20,24,26H,2,6,9-10H2,1H3,(H,34,35)(H2,28,29,30,32,36)/t17?,19?,20?,24?,26-/m0/s1. The lowest BCUT2D eigenvalue weighted by Crippen LogP contribution is -2.29. The second-order valence-electron chi connectivity index (χ2n) is 9.51. The van der Waals surface area contributed by atoms with E-state index in [4.69, 9.17) is 14.2 Å². The van der Waals surface area contributed by atoms with E-state index in [1.54, 1.807) is 16.3 Å². The Morgan fingerprint density at radius 1 is 1.07 bits per heavy atom. The van der Waals surface area contributed by atoms with Crippen LogP contribution in [-0.4, -0.2) is 61.5 Å². The number of hydrogen-bond acceptors (Lipinski definition) is 9. The van der Waals surface area contributed by atoms with E-state index in [2.05, 4.69) is 25.6 Å². The largest absolute Gasteiger partial charge is 0.477 e. The number of carbonyl (C=O) groups is 2. The van der Waals surface area contributed by atoms with Crippen LogP contribution in [0.25, 0.3) is 11.2 Å². The Labute approximate surface area is 233 Å². The lowest BCUT2D eigenvalue weighted by Gasteiger charge is -2.21. The monoisotopic (exact) mass is 564 g/mol. The first kappa shape index (κ1) is 26.3. The molecule has 1 aromatic carbocycles. The summed E-state index contributed by atoms with van der Waals surface area (Å²) in [7, 11) is 0. The first-order chi connectivity index (χ1) is 19.5. The van der Waals surface area contributed by atoms with Crippen LogP contribution in [0, 0.1) is 0 Å². The topological polar surface area (TPSA) is 150 Å². The zero-order chi connectivity index (χ0) is 27.6. The van der Waals surface area contributed by atoms with Crippen molar-refractivity contribution in [3.8, 4) is 0 Å². The van der Waals surface area contributed by atoms with Crippen molar-refractivity contribution in [3.63, 3.8) is 0 Å². The highest BCUT2D eigenvalue weighted by atomic mass is 32.1. The molecule has 4 aromatic rings. The van der Waals surface area contributed by atoms with E-state index < -0.39 is 24.6 Å². The third-order valence-corrected chi connectivity index (χ3v) is 7.94. The molecule has 0 spiro atoms. The van der Waals surface area contributed by atoms with Crippen LogP contribution in [-0.2, 0) is 20.6 Å². The minimum Gasteiger partial charge on any atom is -0.477 e. The first-order valence-electron chi connectivity index (χ1n) is 13.1. The van der Waals surface area contributed by atoms with Gasteiger partial charge < -0.3 is 24.6 Å². The molecule has 3 aromatic heterocycles. The maximum absolute atomic E-state index is 12.1. The third kappa shape index (κ3) is 5.04. The predicted octanol–water partition coefficient (Wildman–Crippen LogP) is 4.13. The average molecular weight is 565 g/mol. The Morgan fingerprint density at radius 2 is 1.90 bits per heavy atom. The van der Waals surface area contributed by atoms with Crippen LogP contribution in [0.15, 0.2) is 54.4 Å². The Kier molecular flexibility index (Phi) is 7.43. The maximum atomic E-state index is 12.1. The second-order valence-corrected chi connectivity index (χ2v) is 10.4. The van der Waals surface area contributed by atoms with Crippen LogP contribution in [0.3, 0.4) is 0 Å². The van der Waals surface area contributed by atoms with Gasteiger partial charge >= 0.3 is 12.0 Å². The Bertz CT molecular complexity index is 1510. The number of benzene rings is 1. The minimum absolute atomic E-state index is 0.288. The summed E-state index contributed by atoms with van der Waals surface area (Å²) in [6, 6.07) is 11.2. The molecule has 0 saturated carbocycles. The van der Waals surface area contributed by atoms with Gasteiger partial charge in [0.15, 0.2) is 29.5 Å². The maximum Gasteiger partial charge on any atom is 0.346 e. The van der Waals surface area contributed by atoms with Crippen LogP contribution in [0.1, 0.15) is 53.1 Å². The van der Waals surface area contributed by atoms with E-state index in [-0.39, 0.29) is 24.1 Å². The number of nitrogens with one attached hydrogen (secondary N) is 2. The molecular weight excluding hydrogens is 536 g/mol. The van der Waals surface area contributed by atoms with Crippen molar-refractivity contribution in [2.24, 2.45) is 0 Å². The van der Waals surface area contributed by atoms with Crippen molar-refractivity contribution in [1.29, 1.82) is 0 Å². The van der Waals surface area contributed by atoms with Crippen LogP contribution in [0.4, 0.5) is 10.6 Å². The van der Waals surface area contributed by atoms with Crippen molar-refractivity contribution in [2.75, 3.05) is 11.9 Å². The molecule has 3 N–H and O–H groups in total. The molecule has 0 aliphatic carbocycles. The Hall–Kier alpha value is -3.91. The number of carbonyl (C=O) groups excluding carboxylic acids is 1. The van der Waals surface area contributed by atoms with Gasteiger partial charge in [-0.3, -0.25) is 9.88 Å². The summed E-state index contributed by atoms with van der Waals surface area (Å²) in [5.41, 5.74) is 2.64. The number of nitrogens with zero attached hydrogens (tertiary/aromatic N) is 4. The number of urea groups is 1. The number of anilines is 1. The highest BCUT2D eigenvalue weighted by molar-refractivity contribution is 7.12. The molecule has 208 valence electrons. The fraction of sp³-hybridized carbons (Fsp3) is 0.370. The van der Waals surface area contributed by atoms with Crippen molar-refractivity contribution in [3.05, 3.63) is 70.4 Å². The molecule has 4 unspecified atom stereocenters. The molecule has 5 atom stereocenters. The molecule has 5 heterocycles. The van der Waals surface area contributed by atoms with Crippen molar-refractivity contribution in [1.82, 2.24) is 24.8 Å². The van der Waals surface area contributed by atoms with Gasteiger partial charge in [0.25, 0.3) is 0 Å². The van der Waals surface area contributed by atoms with Crippen molar-refractivity contribution >= 4 is 40.3 Å². The number of ether oxygens (including phenoxy) is 3. The van der Waals surface area contributed by atoms with Gasteiger partial charge in [0.1, 0.15) is 23.4 Å². The number of carboxylic acid groups (broad SMARTS) is 1. The van der Waals surface area contributed by atoms with Crippen molar-refractivity contribution < 1.29 is 28.9 Å². The molecule has 13 heteroatoms. The molecule has 12 nitrogen and oxygen atoms in total. The van der Waals surface area contributed by atoms with E-state index >= 15 is 0 Å². The van der Waals surface area contributed by atoms with E-state index in [9.17, 15) is 14.7 Å². The fourth-order valence-corrected chi connectivity index (χ4v) is 6.00. The molecule has 0 radical (unpaired) electrons. The summed E-state index contributed by atoms with van der Waals surface area (Å²) in [6.45, 7) is 2.30. The van der Waals surface area contributed by atoms with Crippen molar-refractivity contribution in [2.45, 2.75) is 57.0 Å². The highest BCUT2D eigenvalue weighted by Gasteiger charge is 2.53. The number of fused-ring (bicyclic) bond motifs is 2. The Morgan fingerprint density at radius 3 is 2.70 bits per heavy atom. The molecular formula is C27H28N6O6S. The number of hydrogen-bond donors (Lipinski definition) is 3. The number of thiophene rings is 1. The van der Waals surface area contributed by atoms with Crippen LogP contribution in [0.2, 0.25) is 0 Å². The highest BCUT2D eigenvalue weighted by Crippen LogP contribution is 2.46. The number of carboxylic acids is 1. The lowest BCUT2D eigenvalue weighted by molar-refractivity contribution is -0.148. The molecule has 40 heavy (non-hydrogen) atoms. The number of amides is 2. The normalized spacial score (nSPS) is 23.8. The number of aromatic nitrogens is 4. The van der Waals surface area contributed by atoms with Gasteiger partial charge in [-0.25, -0.2) is 24.5 Å². The minimum atomic E-state index is -0.907. The average Bonchev–Trinajstić information content (AvgIpc) is 3.74. The van der Waals surface area contributed by atoms with Gasteiger partial charge in [0.2, 0.25) is 0 Å². The zero-order valence-electron chi connectivity index (χ0n) is 21.6. The van der Waals surface area contributed by atoms with Gasteiger partial charge in [0.05, 0.1) is 12.4 Å².